The molecular formula is C38H64N7O22P3S. The molecule has 0 bridgehead atoms. The summed E-state index contributed by atoms with van der Waals surface area (Å²) in [4.78, 5) is 101. The summed E-state index contributed by atoms with van der Waals surface area (Å²) in [6, 6.07) is 0. The highest BCUT2D eigenvalue weighted by Crippen LogP contribution is 2.61. The molecule has 71 heavy (non-hydrogen) atoms. The molecule has 2 unspecified atom stereocenters. The number of ether oxygens (including phenoxy) is 3. The maximum Gasteiger partial charge on any atom is 0.481 e. The monoisotopic (exact) mass is 1100 g/mol. The number of thioether (sulfide) groups is 1. The number of unbranched alkanes of at least 4 members (excludes halogenated alkanes) is 5. The number of nitrogens with zero attached hydrogens (tertiary/aromatic N) is 4. The van der Waals surface area contributed by atoms with Crippen molar-refractivity contribution in [2.75, 3.05) is 44.4 Å². The number of fused-ring (bicyclic) bond motifs is 1. The van der Waals surface area contributed by atoms with Crippen molar-refractivity contribution in [1.29, 1.82) is 0 Å². The number of imidazole rings is 1. The van der Waals surface area contributed by atoms with E-state index in [1.807, 2.05) is 0 Å². The molecule has 2 aromatic rings. The van der Waals surface area contributed by atoms with Gasteiger partial charge in [0.05, 0.1) is 38.2 Å². The maximum absolute atomic E-state index is 12.7. The Morgan fingerprint density at radius 1 is 0.915 bits per heavy atom. The van der Waals surface area contributed by atoms with Gasteiger partial charge in [-0.1, -0.05) is 51.3 Å². The fourth-order valence-electron chi connectivity index (χ4n) is 7.02. The first kappa shape index (κ1) is 60.6. The normalized spacial score (nSPS) is 25.1. The van der Waals surface area contributed by atoms with E-state index in [0.717, 1.165) is 61.1 Å². The van der Waals surface area contributed by atoms with Gasteiger partial charge in [-0.15, -0.1) is 0 Å². The summed E-state index contributed by atoms with van der Waals surface area (Å²) >= 11 is 0.894. The highest BCUT2D eigenvalue weighted by Gasteiger charge is 2.50. The lowest BCUT2D eigenvalue weighted by atomic mass is 9.87. The van der Waals surface area contributed by atoms with E-state index >= 15 is 0 Å². The molecule has 2 aliphatic heterocycles. The Hall–Kier alpha value is -2.93. The van der Waals surface area contributed by atoms with Gasteiger partial charge in [0.1, 0.15) is 48.1 Å². The highest BCUT2D eigenvalue weighted by atomic mass is 32.2. The molecule has 2 amide bonds. The lowest BCUT2D eigenvalue weighted by molar-refractivity contribution is -0.261. The number of aromatic nitrogens is 4. The number of phosphoric acid groups is 3. The molecule has 404 valence electrons. The number of carbonyl (C=O) groups is 4. The number of nitrogens with one attached hydrogen (secondary N) is 2. The van der Waals surface area contributed by atoms with Crippen LogP contribution in [0.1, 0.15) is 91.2 Å². The van der Waals surface area contributed by atoms with Gasteiger partial charge in [-0.2, -0.15) is 4.31 Å². The summed E-state index contributed by atoms with van der Waals surface area (Å²) < 4.78 is 73.4. The fourth-order valence-corrected chi connectivity index (χ4v) is 10.5. The molecule has 0 aromatic carbocycles. The predicted octanol–water partition coefficient (Wildman–Crippen LogP) is 0.228. The zero-order valence-electron chi connectivity index (χ0n) is 39.1. The summed E-state index contributed by atoms with van der Waals surface area (Å²) in [5, 5.41) is 45.8. The van der Waals surface area contributed by atoms with E-state index < -0.39 is 109 Å². The SMILES string of the molecule is C[C@@H]1O[C@@H](OCCCCCCCCC(=O)CC(=O)SCCNC(=O)CCNC(=O)[C@H](O)C(C)(C)COP(=O)(O)OP(=O)(O)OC[C@H]2O[C@@H](n3cnc4c(N)ncnc43)[C@H](O)[C@@H]2OP(=O)(O)O)[C@H](O)C[C@H]1O. The van der Waals surface area contributed by atoms with Gasteiger partial charge < -0.3 is 70.6 Å². The van der Waals surface area contributed by atoms with Crippen LogP contribution in [0.25, 0.3) is 11.2 Å². The van der Waals surface area contributed by atoms with Gasteiger partial charge in [0.2, 0.25) is 11.8 Å². The van der Waals surface area contributed by atoms with Crippen molar-refractivity contribution >= 4 is 74.9 Å². The van der Waals surface area contributed by atoms with Crippen molar-refractivity contribution in [3.05, 3.63) is 12.7 Å². The molecule has 0 saturated carbocycles. The number of nitrogen functional groups attached to an aromatic ring is 1. The second kappa shape index (κ2) is 27.6. The van der Waals surface area contributed by atoms with Crippen LogP contribution in [0.2, 0.25) is 0 Å². The fraction of sp³-hybridized carbons (Fsp3) is 0.763. The summed E-state index contributed by atoms with van der Waals surface area (Å²) in [5.41, 5.74) is 4.21. The molecular weight excluding hydrogens is 1030 g/mol. The third kappa shape index (κ3) is 20.0. The van der Waals surface area contributed by atoms with Gasteiger partial charge in [0, 0.05) is 50.1 Å². The molecule has 0 radical (unpaired) electrons. The topological polar surface area (TPSA) is 440 Å². The molecule has 4 heterocycles. The van der Waals surface area contributed by atoms with Crippen LogP contribution >= 0.6 is 35.2 Å². The van der Waals surface area contributed by atoms with E-state index in [1.165, 1.54) is 13.8 Å². The molecule has 11 atom stereocenters. The van der Waals surface area contributed by atoms with Crippen LogP contribution in [-0.2, 0) is 65.0 Å². The predicted molar refractivity (Wildman–Crippen MR) is 246 cm³/mol. The van der Waals surface area contributed by atoms with Crippen LogP contribution in [0, 0.1) is 5.41 Å². The Labute approximate surface area is 411 Å². The number of hydrogen-bond donors (Lipinski definition) is 11. The largest absolute Gasteiger partial charge is 0.481 e. The molecule has 0 aliphatic carbocycles. The molecule has 2 saturated heterocycles. The van der Waals surface area contributed by atoms with Crippen LogP contribution < -0.4 is 16.4 Å². The third-order valence-corrected chi connectivity index (χ3v) is 14.9. The Morgan fingerprint density at radius 2 is 1.59 bits per heavy atom. The Morgan fingerprint density at radius 3 is 2.30 bits per heavy atom. The van der Waals surface area contributed by atoms with E-state index in [1.54, 1.807) is 6.92 Å². The van der Waals surface area contributed by atoms with Crippen LogP contribution in [0.5, 0.6) is 0 Å². The van der Waals surface area contributed by atoms with Crippen molar-refractivity contribution in [3.63, 3.8) is 0 Å². The number of phosphoric ester groups is 3. The van der Waals surface area contributed by atoms with E-state index in [4.69, 9.17) is 29.0 Å². The molecule has 2 fully saturated rings. The minimum absolute atomic E-state index is 0.0182. The highest BCUT2D eigenvalue weighted by molar-refractivity contribution is 8.13. The molecule has 12 N–H and O–H groups in total. The first-order valence-corrected chi connectivity index (χ1v) is 27.9. The summed E-state index contributed by atoms with van der Waals surface area (Å²) in [6.45, 7) is 2.37. The van der Waals surface area contributed by atoms with Gasteiger partial charge in [-0.3, -0.25) is 37.3 Å². The van der Waals surface area contributed by atoms with E-state index in [2.05, 4.69) is 34.4 Å². The molecule has 33 heteroatoms. The number of rotatable bonds is 31. The number of nitrogens with two attached hydrogens (primary N) is 1. The minimum atomic E-state index is -5.60. The molecule has 2 aliphatic rings. The average molecular weight is 1100 g/mol. The number of carbonyl (C=O) groups excluding carboxylic acids is 4. The number of anilines is 1. The number of aliphatic hydroxyl groups excluding tert-OH is 4. The maximum atomic E-state index is 12.7. The van der Waals surface area contributed by atoms with Crippen LogP contribution in [0.3, 0.4) is 0 Å². The summed E-state index contributed by atoms with van der Waals surface area (Å²) in [5.74, 6) is -1.56. The van der Waals surface area contributed by atoms with Gasteiger partial charge in [-0.25, -0.2) is 28.6 Å². The standard InChI is InChI=1S/C38H64N7O22P3S/c1-22-24(47)17-25(48)37(64-22)61-14-9-7-5-4-6-8-10-23(46)16-28(50)71-15-13-40-27(49)11-12-41-35(53)32(52)38(2,3)19-63-70(59,60)67-69(57,58)62-18-26-31(66-68(54,55)56)30(51)36(65-26)45-21-44-29-33(39)42-20-43-34(29)45/h20-22,24-26,30-32,36-37,47-48,51-52H,4-19H2,1-3H3,(H,40,49)(H,41,53)(H,57,58)(H,59,60)(H2,39,42,43)(H2,54,55,56)/t22-,24+,25+,26+,30+,31+,32-,36+,37+/m0/s1. The Balaban J connectivity index is 1.07. The second-order valence-electron chi connectivity index (χ2n) is 17.3. The van der Waals surface area contributed by atoms with Crippen LogP contribution in [-0.4, -0.2) is 170 Å². The number of ketones is 1. The van der Waals surface area contributed by atoms with Crippen molar-refractivity contribution in [1.82, 2.24) is 30.2 Å². The lowest BCUT2D eigenvalue weighted by Crippen LogP contribution is -2.47. The zero-order valence-corrected chi connectivity index (χ0v) is 42.6. The minimum Gasteiger partial charge on any atom is -0.390 e. The summed E-state index contributed by atoms with van der Waals surface area (Å²) in [7, 11) is -16.5. The molecule has 4 rings (SSSR count). The Bertz CT molecular complexity index is 2240. The number of amides is 2. The average Bonchev–Trinajstić information content (AvgIpc) is 3.84. The van der Waals surface area contributed by atoms with Crippen molar-refractivity contribution in [2.45, 2.75) is 140 Å². The van der Waals surface area contributed by atoms with Gasteiger partial charge in [0.25, 0.3) is 0 Å². The van der Waals surface area contributed by atoms with Crippen molar-refractivity contribution in [3.8, 4) is 0 Å². The summed E-state index contributed by atoms with van der Waals surface area (Å²) in [6.07, 6.45) is -4.63. The van der Waals surface area contributed by atoms with Crippen LogP contribution in [0.15, 0.2) is 12.7 Å². The number of Topliss-reactive ketones (excluding diaryl/α,β-unsaturated/α-hetero) is 1. The number of aliphatic hydroxyl groups is 4. The number of hydrogen-bond acceptors (Lipinski definition) is 23. The van der Waals surface area contributed by atoms with Gasteiger partial charge in [-0.05, 0) is 19.8 Å². The van der Waals surface area contributed by atoms with Gasteiger partial charge >= 0.3 is 23.5 Å². The van der Waals surface area contributed by atoms with Gasteiger partial charge in [0.15, 0.2) is 29.1 Å². The van der Waals surface area contributed by atoms with E-state index in [0.29, 0.717) is 13.0 Å². The van der Waals surface area contributed by atoms with Crippen molar-refractivity contribution < 1.29 is 105 Å². The van der Waals surface area contributed by atoms with E-state index in [-0.39, 0.29) is 72.4 Å². The third-order valence-electron chi connectivity index (χ3n) is 10.9. The molecule has 29 nitrogen and oxygen atoms in total. The van der Waals surface area contributed by atoms with Crippen LogP contribution in [0.4, 0.5) is 5.82 Å². The lowest BCUT2D eigenvalue weighted by Gasteiger charge is -2.35. The second-order valence-corrected chi connectivity index (χ2v) is 22.7. The Kier molecular flexibility index (Phi) is 23.5. The quantitative estimate of drug-likeness (QED) is 0.0273. The van der Waals surface area contributed by atoms with E-state index in [9.17, 15) is 72.9 Å². The van der Waals surface area contributed by atoms with Crippen molar-refractivity contribution in [2.24, 2.45) is 5.41 Å². The first-order valence-electron chi connectivity index (χ1n) is 22.4. The zero-order chi connectivity index (χ0) is 52.7. The molecule has 0 spiro atoms. The first-order chi connectivity index (χ1) is 33.2. The molecule has 2 aromatic heterocycles. The smallest absolute Gasteiger partial charge is 0.390 e.